The van der Waals surface area contributed by atoms with Crippen LogP contribution in [0.5, 0.6) is 5.75 Å². The Hall–Kier alpha value is -3.27. The van der Waals surface area contributed by atoms with Crippen molar-refractivity contribution < 1.29 is 17.9 Å². The molecule has 3 aromatic rings. The average molecular weight is 463 g/mol. The highest BCUT2D eigenvalue weighted by molar-refractivity contribution is 5.67. The van der Waals surface area contributed by atoms with Crippen molar-refractivity contribution >= 4 is 5.57 Å². The molecular formula is C30H29F3O. The molecule has 0 saturated heterocycles. The molecule has 0 radical (unpaired) electrons. The monoisotopic (exact) mass is 462 g/mol. The van der Waals surface area contributed by atoms with Crippen molar-refractivity contribution in [1.82, 2.24) is 0 Å². The van der Waals surface area contributed by atoms with E-state index in [9.17, 15) is 13.2 Å². The van der Waals surface area contributed by atoms with Crippen molar-refractivity contribution in [2.45, 2.75) is 39.0 Å². The van der Waals surface area contributed by atoms with Gasteiger partial charge in [-0.3, -0.25) is 0 Å². The van der Waals surface area contributed by atoms with Crippen LogP contribution in [0.2, 0.25) is 0 Å². The lowest BCUT2D eigenvalue weighted by molar-refractivity contribution is 0.361. The summed E-state index contributed by atoms with van der Waals surface area (Å²) in [6.45, 7) is 6.07. The molecule has 0 saturated carbocycles. The standard InChI is InChI=1S/C30H29F3O/c1-3-18-34-25-15-17-26(28(31)19-25)22-11-6-21(7-12-22)8-13-24-14-16-27(30(33)29(24)32)23-9-4-20(2)5-10-23/h3,6-7,9,11-12,14-17,19-20H,1,4-5,8,10,13,18H2,2H3. The third-order valence-electron chi connectivity index (χ3n) is 6.44. The summed E-state index contributed by atoms with van der Waals surface area (Å²) in [6.07, 6.45) is 7.29. The summed E-state index contributed by atoms with van der Waals surface area (Å²) < 4.78 is 49.4. The van der Waals surface area contributed by atoms with Gasteiger partial charge in [0.05, 0.1) is 0 Å². The number of hydrogen-bond acceptors (Lipinski definition) is 1. The summed E-state index contributed by atoms with van der Waals surface area (Å²) in [5, 5.41) is 0. The van der Waals surface area contributed by atoms with E-state index >= 15 is 0 Å². The minimum atomic E-state index is -0.755. The predicted molar refractivity (Wildman–Crippen MR) is 132 cm³/mol. The van der Waals surface area contributed by atoms with Gasteiger partial charge >= 0.3 is 0 Å². The van der Waals surface area contributed by atoms with Crippen LogP contribution in [-0.2, 0) is 12.8 Å². The van der Waals surface area contributed by atoms with Gasteiger partial charge in [-0.1, -0.05) is 62.1 Å². The Morgan fingerprint density at radius 1 is 0.941 bits per heavy atom. The van der Waals surface area contributed by atoms with E-state index in [1.807, 2.05) is 30.3 Å². The molecule has 0 N–H and O–H groups in total. The molecule has 1 unspecified atom stereocenters. The van der Waals surface area contributed by atoms with Gasteiger partial charge in [0.15, 0.2) is 11.6 Å². The molecule has 1 atom stereocenters. The summed E-state index contributed by atoms with van der Waals surface area (Å²) in [7, 11) is 0. The Balaban J connectivity index is 1.43. The molecule has 0 spiro atoms. The highest BCUT2D eigenvalue weighted by Gasteiger charge is 2.19. The molecule has 176 valence electrons. The lowest BCUT2D eigenvalue weighted by Crippen LogP contribution is -2.05. The van der Waals surface area contributed by atoms with Gasteiger partial charge in [-0.2, -0.15) is 0 Å². The zero-order valence-corrected chi connectivity index (χ0v) is 19.4. The molecule has 3 aromatic carbocycles. The molecule has 0 heterocycles. The van der Waals surface area contributed by atoms with Crippen molar-refractivity contribution in [3.8, 4) is 16.9 Å². The number of aryl methyl sites for hydroxylation is 2. The normalized spacial score (nSPS) is 15.6. The van der Waals surface area contributed by atoms with Crippen molar-refractivity contribution in [2.75, 3.05) is 6.61 Å². The summed E-state index contributed by atoms with van der Waals surface area (Å²) in [5.74, 6) is -0.824. The number of benzene rings is 3. The third-order valence-corrected chi connectivity index (χ3v) is 6.44. The molecule has 0 amide bonds. The van der Waals surface area contributed by atoms with Gasteiger partial charge in [0, 0.05) is 17.2 Å². The van der Waals surface area contributed by atoms with Crippen LogP contribution in [0.25, 0.3) is 16.7 Å². The largest absolute Gasteiger partial charge is 0.489 e. The molecule has 1 aliphatic carbocycles. The lowest BCUT2D eigenvalue weighted by atomic mass is 9.87. The van der Waals surface area contributed by atoms with Gasteiger partial charge in [0.1, 0.15) is 18.2 Å². The smallest absolute Gasteiger partial charge is 0.166 e. The van der Waals surface area contributed by atoms with Gasteiger partial charge in [0.25, 0.3) is 0 Å². The van der Waals surface area contributed by atoms with Gasteiger partial charge < -0.3 is 4.74 Å². The summed E-state index contributed by atoms with van der Waals surface area (Å²) >= 11 is 0. The first kappa shape index (κ1) is 23.9. The van der Waals surface area contributed by atoms with Crippen molar-refractivity contribution in [3.05, 3.63) is 107 Å². The van der Waals surface area contributed by atoms with Crippen molar-refractivity contribution in [2.24, 2.45) is 5.92 Å². The molecular weight excluding hydrogens is 433 g/mol. The van der Waals surface area contributed by atoms with Crippen LogP contribution in [0.15, 0.2) is 73.3 Å². The Bertz CT molecular complexity index is 1190. The van der Waals surface area contributed by atoms with E-state index in [0.29, 0.717) is 47.8 Å². The zero-order valence-electron chi connectivity index (χ0n) is 19.4. The first-order chi connectivity index (χ1) is 16.5. The predicted octanol–water partition coefficient (Wildman–Crippen LogP) is 8.32. The second-order valence-electron chi connectivity index (χ2n) is 8.95. The quantitative estimate of drug-likeness (QED) is 0.306. The van der Waals surface area contributed by atoms with Gasteiger partial charge in [-0.15, -0.1) is 0 Å². The van der Waals surface area contributed by atoms with Crippen LogP contribution in [-0.4, -0.2) is 6.61 Å². The van der Waals surface area contributed by atoms with E-state index in [1.54, 1.807) is 30.3 Å². The van der Waals surface area contributed by atoms with Gasteiger partial charge in [-0.05, 0) is 72.4 Å². The first-order valence-electron chi connectivity index (χ1n) is 11.7. The van der Waals surface area contributed by atoms with E-state index < -0.39 is 11.6 Å². The van der Waals surface area contributed by atoms with E-state index in [2.05, 4.69) is 13.5 Å². The second kappa shape index (κ2) is 10.8. The topological polar surface area (TPSA) is 9.23 Å². The SMILES string of the molecule is C=CCOc1ccc(-c2ccc(CCc3ccc(C4=CCC(C)CC4)c(F)c3F)cc2)c(F)c1. The highest BCUT2D eigenvalue weighted by atomic mass is 19.2. The van der Waals surface area contributed by atoms with Gasteiger partial charge in [0.2, 0.25) is 0 Å². The number of halogens is 3. The Morgan fingerprint density at radius 2 is 1.71 bits per heavy atom. The van der Waals surface area contributed by atoms with Crippen LogP contribution >= 0.6 is 0 Å². The van der Waals surface area contributed by atoms with Crippen molar-refractivity contribution in [3.63, 3.8) is 0 Å². The van der Waals surface area contributed by atoms with Crippen LogP contribution in [0.4, 0.5) is 13.2 Å². The van der Waals surface area contributed by atoms with Gasteiger partial charge in [-0.25, -0.2) is 13.2 Å². The minimum Gasteiger partial charge on any atom is -0.489 e. The number of allylic oxidation sites excluding steroid dienone is 2. The summed E-state index contributed by atoms with van der Waals surface area (Å²) in [4.78, 5) is 0. The molecule has 0 bridgehead atoms. The maximum atomic E-state index is 14.8. The fourth-order valence-corrected chi connectivity index (χ4v) is 4.35. The maximum absolute atomic E-state index is 14.8. The molecule has 34 heavy (non-hydrogen) atoms. The second-order valence-corrected chi connectivity index (χ2v) is 8.95. The van der Waals surface area contributed by atoms with E-state index in [0.717, 1.165) is 36.0 Å². The molecule has 1 aliphatic rings. The molecule has 0 fully saturated rings. The number of hydrogen-bond donors (Lipinski definition) is 0. The molecule has 1 nitrogen and oxygen atoms in total. The Morgan fingerprint density at radius 3 is 2.38 bits per heavy atom. The summed E-state index contributed by atoms with van der Waals surface area (Å²) in [5.41, 5.74) is 3.87. The fourth-order valence-electron chi connectivity index (χ4n) is 4.35. The fraction of sp³-hybridized carbons (Fsp3) is 0.267. The van der Waals surface area contributed by atoms with Crippen LogP contribution < -0.4 is 4.74 Å². The average Bonchev–Trinajstić information content (AvgIpc) is 2.85. The molecule has 0 aromatic heterocycles. The number of rotatable bonds is 8. The highest BCUT2D eigenvalue weighted by Crippen LogP contribution is 2.33. The molecule has 0 aliphatic heterocycles. The van der Waals surface area contributed by atoms with E-state index in [1.165, 1.54) is 6.07 Å². The van der Waals surface area contributed by atoms with Crippen molar-refractivity contribution in [1.29, 1.82) is 0 Å². The first-order valence-corrected chi connectivity index (χ1v) is 11.7. The summed E-state index contributed by atoms with van der Waals surface area (Å²) in [6, 6.07) is 15.7. The molecule has 4 heteroatoms. The molecule has 4 rings (SSSR count). The van der Waals surface area contributed by atoms with E-state index in [-0.39, 0.29) is 5.82 Å². The third kappa shape index (κ3) is 5.44. The minimum absolute atomic E-state index is 0.317. The lowest BCUT2D eigenvalue weighted by Gasteiger charge is -2.19. The van der Waals surface area contributed by atoms with Crippen LogP contribution in [0, 0.1) is 23.4 Å². The van der Waals surface area contributed by atoms with Crippen LogP contribution in [0.3, 0.4) is 0 Å². The Kier molecular flexibility index (Phi) is 7.56. The van der Waals surface area contributed by atoms with Crippen LogP contribution in [0.1, 0.15) is 42.9 Å². The Labute approximate surface area is 199 Å². The zero-order chi connectivity index (χ0) is 24.1. The maximum Gasteiger partial charge on any atom is 0.166 e. The van der Waals surface area contributed by atoms with E-state index in [4.69, 9.17) is 4.74 Å². The number of ether oxygens (including phenoxy) is 1.